The van der Waals surface area contributed by atoms with Crippen molar-refractivity contribution in [3.8, 4) is 11.8 Å². The number of nitrogens with zero attached hydrogens (tertiary/aromatic N) is 3. The molecule has 3 nitrogen and oxygen atoms in total. The normalized spacial score (nSPS) is 8.92. The summed E-state index contributed by atoms with van der Waals surface area (Å²) in [6, 6.07) is 1.97. The van der Waals surface area contributed by atoms with Gasteiger partial charge in [-0.2, -0.15) is 5.10 Å². The molecule has 1 aromatic rings. The van der Waals surface area contributed by atoms with Gasteiger partial charge in [-0.25, -0.2) is 0 Å². The van der Waals surface area contributed by atoms with Crippen molar-refractivity contribution in [2.75, 3.05) is 18.5 Å². The van der Waals surface area contributed by atoms with Crippen LogP contribution in [0.1, 0.15) is 6.92 Å². The van der Waals surface area contributed by atoms with E-state index in [9.17, 15) is 0 Å². The van der Waals surface area contributed by atoms with Crippen molar-refractivity contribution in [2.24, 2.45) is 7.05 Å². The third-order valence-corrected chi connectivity index (χ3v) is 1.58. The number of rotatable bonds is 2. The second-order valence-electron chi connectivity index (χ2n) is 2.63. The molecule has 0 fully saturated rings. The zero-order valence-electron chi connectivity index (χ0n) is 7.70. The van der Waals surface area contributed by atoms with Crippen molar-refractivity contribution in [3.63, 3.8) is 0 Å². The Labute approximate surface area is 73.0 Å². The van der Waals surface area contributed by atoms with Gasteiger partial charge in [0.1, 0.15) is 0 Å². The molecule has 1 aromatic heterocycles. The van der Waals surface area contributed by atoms with Crippen molar-refractivity contribution in [3.05, 3.63) is 12.3 Å². The molecule has 0 aliphatic rings. The molecule has 0 aliphatic carbocycles. The number of aryl methyl sites for hydroxylation is 1. The van der Waals surface area contributed by atoms with Crippen molar-refractivity contribution >= 4 is 5.82 Å². The molecule has 1 rings (SSSR count). The van der Waals surface area contributed by atoms with Crippen LogP contribution in [0, 0.1) is 11.8 Å². The van der Waals surface area contributed by atoms with Crippen LogP contribution in [0.15, 0.2) is 12.3 Å². The van der Waals surface area contributed by atoms with Gasteiger partial charge in [0.25, 0.3) is 0 Å². The van der Waals surface area contributed by atoms with Crippen LogP contribution in [0.5, 0.6) is 0 Å². The van der Waals surface area contributed by atoms with Gasteiger partial charge in [0.2, 0.25) is 0 Å². The Morgan fingerprint density at radius 1 is 1.67 bits per heavy atom. The maximum absolute atomic E-state index is 4.24. The average molecular weight is 163 g/mol. The molecule has 0 amide bonds. The minimum Gasteiger partial charge on any atom is -0.347 e. The van der Waals surface area contributed by atoms with E-state index in [0.717, 1.165) is 12.4 Å². The molecule has 0 saturated heterocycles. The van der Waals surface area contributed by atoms with Crippen molar-refractivity contribution in [1.82, 2.24) is 9.78 Å². The van der Waals surface area contributed by atoms with Gasteiger partial charge in [0.15, 0.2) is 5.82 Å². The summed E-state index contributed by atoms with van der Waals surface area (Å²) in [6.45, 7) is 2.57. The van der Waals surface area contributed by atoms with Gasteiger partial charge in [0, 0.05) is 26.4 Å². The Hall–Kier alpha value is -1.43. The van der Waals surface area contributed by atoms with Gasteiger partial charge >= 0.3 is 0 Å². The summed E-state index contributed by atoms with van der Waals surface area (Å²) >= 11 is 0. The van der Waals surface area contributed by atoms with Gasteiger partial charge in [0.05, 0.1) is 6.54 Å². The Morgan fingerprint density at radius 2 is 2.42 bits per heavy atom. The predicted molar refractivity (Wildman–Crippen MR) is 49.9 cm³/mol. The highest BCUT2D eigenvalue weighted by atomic mass is 15.3. The monoisotopic (exact) mass is 163 g/mol. The molecular weight excluding hydrogens is 150 g/mol. The molecule has 0 N–H and O–H groups in total. The molecule has 0 atom stereocenters. The van der Waals surface area contributed by atoms with Gasteiger partial charge in [-0.3, -0.25) is 4.68 Å². The SMILES string of the molecule is CC#CCN(C)c1ccn(C)n1. The van der Waals surface area contributed by atoms with E-state index < -0.39 is 0 Å². The zero-order chi connectivity index (χ0) is 8.97. The number of hydrogen-bond acceptors (Lipinski definition) is 2. The fourth-order valence-corrected chi connectivity index (χ4v) is 0.885. The summed E-state index contributed by atoms with van der Waals surface area (Å²) in [5.74, 6) is 6.79. The largest absolute Gasteiger partial charge is 0.347 e. The summed E-state index contributed by atoms with van der Waals surface area (Å²) < 4.78 is 1.78. The van der Waals surface area contributed by atoms with Crippen LogP contribution in [0.25, 0.3) is 0 Å². The third kappa shape index (κ3) is 2.03. The van der Waals surface area contributed by atoms with E-state index in [2.05, 4.69) is 16.9 Å². The summed E-state index contributed by atoms with van der Waals surface area (Å²) in [6.07, 6.45) is 1.92. The van der Waals surface area contributed by atoms with Gasteiger partial charge in [-0.15, -0.1) is 5.92 Å². The van der Waals surface area contributed by atoms with Gasteiger partial charge in [-0.05, 0) is 6.92 Å². The van der Waals surface area contributed by atoms with E-state index in [1.807, 2.05) is 38.2 Å². The molecule has 3 heteroatoms. The third-order valence-electron chi connectivity index (χ3n) is 1.58. The topological polar surface area (TPSA) is 21.1 Å². The van der Waals surface area contributed by atoms with Crippen LogP contribution < -0.4 is 4.90 Å². The van der Waals surface area contributed by atoms with E-state index in [1.54, 1.807) is 4.68 Å². The summed E-state index contributed by atoms with van der Waals surface area (Å²) in [5, 5.41) is 4.24. The second-order valence-corrected chi connectivity index (χ2v) is 2.63. The molecular formula is C9H13N3. The van der Waals surface area contributed by atoms with Crippen LogP contribution in [-0.4, -0.2) is 23.4 Å². The maximum atomic E-state index is 4.24. The van der Waals surface area contributed by atoms with E-state index in [0.29, 0.717) is 0 Å². The number of hydrogen-bond donors (Lipinski definition) is 0. The van der Waals surface area contributed by atoms with E-state index >= 15 is 0 Å². The van der Waals surface area contributed by atoms with Crippen molar-refractivity contribution in [1.29, 1.82) is 0 Å². The Balaban J connectivity index is 2.62. The Morgan fingerprint density at radius 3 is 2.92 bits per heavy atom. The molecule has 0 spiro atoms. The summed E-state index contributed by atoms with van der Waals surface area (Å²) in [5.41, 5.74) is 0. The highest BCUT2D eigenvalue weighted by Crippen LogP contribution is 2.05. The molecule has 0 radical (unpaired) electrons. The standard InChI is InChI=1S/C9H13N3/c1-4-5-7-11(2)9-6-8-12(3)10-9/h6,8H,7H2,1-3H3. The lowest BCUT2D eigenvalue weighted by molar-refractivity contribution is 0.759. The van der Waals surface area contributed by atoms with Crippen LogP contribution in [0.4, 0.5) is 5.82 Å². The van der Waals surface area contributed by atoms with Gasteiger partial charge in [-0.1, -0.05) is 5.92 Å². The lowest BCUT2D eigenvalue weighted by atomic mass is 10.5. The Bertz CT molecular complexity index is 303. The first-order valence-corrected chi connectivity index (χ1v) is 3.84. The first kappa shape index (κ1) is 8.66. The quantitative estimate of drug-likeness (QED) is 0.603. The molecule has 0 aromatic carbocycles. The second kappa shape index (κ2) is 3.82. The summed E-state index contributed by atoms with van der Waals surface area (Å²) in [4.78, 5) is 2.01. The molecule has 64 valence electrons. The average Bonchev–Trinajstić information content (AvgIpc) is 2.47. The van der Waals surface area contributed by atoms with E-state index in [1.165, 1.54) is 0 Å². The fourth-order valence-electron chi connectivity index (χ4n) is 0.885. The van der Waals surface area contributed by atoms with Crippen molar-refractivity contribution < 1.29 is 0 Å². The van der Waals surface area contributed by atoms with Crippen LogP contribution in [-0.2, 0) is 7.05 Å². The number of aromatic nitrogens is 2. The molecule has 0 aliphatic heterocycles. The fraction of sp³-hybridized carbons (Fsp3) is 0.444. The lowest BCUT2D eigenvalue weighted by Crippen LogP contribution is -2.17. The molecule has 0 saturated carbocycles. The zero-order valence-corrected chi connectivity index (χ0v) is 7.70. The molecule has 0 bridgehead atoms. The highest BCUT2D eigenvalue weighted by molar-refractivity contribution is 5.37. The van der Waals surface area contributed by atoms with Gasteiger partial charge < -0.3 is 4.90 Å². The smallest absolute Gasteiger partial charge is 0.151 e. The van der Waals surface area contributed by atoms with Crippen LogP contribution in [0.3, 0.4) is 0 Å². The predicted octanol–water partition coefficient (Wildman–Crippen LogP) is 0.880. The minimum atomic E-state index is 0.730. The van der Waals surface area contributed by atoms with Crippen LogP contribution in [0.2, 0.25) is 0 Å². The first-order valence-electron chi connectivity index (χ1n) is 3.84. The van der Waals surface area contributed by atoms with E-state index in [4.69, 9.17) is 0 Å². The minimum absolute atomic E-state index is 0.730. The van der Waals surface area contributed by atoms with Crippen LogP contribution >= 0.6 is 0 Å². The Kier molecular flexibility index (Phi) is 2.76. The number of anilines is 1. The first-order chi connectivity index (χ1) is 5.74. The van der Waals surface area contributed by atoms with Crippen molar-refractivity contribution in [2.45, 2.75) is 6.92 Å². The maximum Gasteiger partial charge on any atom is 0.151 e. The van der Waals surface area contributed by atoms with E-state index in [-0.39, 0.29) is 0 Å². The summed E-state index contributed by atoms with van der Waals surface area (Å²) in [7, 11) is 3.88. The lowest BCUT2D eigenvalue weighted by Gasteiger charge is -2.11. The molecule has 1 heterocycles. The molecule has 12 heavy (non-hydrogen) atoms. The highest BCUT2D eigenvalue weighted by Gasteiger charge is 2.00. The molecule has 0 unspecified atom stereocenters.